The first-order valence-electron chi connectivity index (χ1n) is 7.14. The van der Waals surface area contributed by atoms with E-state index in [9.17, 15) is 0 Å². The van der Waals surface area contributed by atoms with E-state index in [1.54, 1.807) is 0 Å². The molecule has 2 rings (SSSR count). The Morgan fingerprint density at radius 1 is 1.26 bits per heavy atom. The molecule has 0 amide bonds. The van der Waals surface area contributed by atoms with Crippen LogP contribution in [0.1, 0.15) is 31.4 Å². The van der Waals surface area contributed by atoms with E-state index in [4.69, 9.17) is 0 Å². The highest BCUT2D eigenvalue weighted by atomic mass is 15.2. The van der Waals surface area contributed by atoms with Gasteiger partial charge in [-0.15, -0.1) is 0 Å². The number of hydrogen-bond acceptors (Lipinski definition) is 5. The molecule has 0 unspecified atom stereocenters. The summed E-state index contributed by atoms with van der Waals surface area (Å²) in [5.74, 6) is 1.68. The van der Waals surface area contributed by atoms with Gasteiger partial charge in [-0.2, -0.15) is 4.98 Å². The van der Waals surface area contributed by atoms with E-state index < -0.39 is 0 Å². The highest BCUT2D eigenvalue weighted by molar-refractivity contribution is 5.43. The first kappa shape index (κ1) is 14.1. The molecular weight excluding hydrogens is 238 g/mol. The number of rotatable bonds is 6. The van der Waals surface area contributed by atoms with Crippen molar-refractivity contribution in [3.8, 4) is 0 Å². The molecule has 0 aromatic carbocycles. The molecule has 106 valence electrons. The monoisotopic (exact) mass is 263 g/mol. The van der Waals surface area contributed by atoms with E-state index in [0.717, 1.165) is 30.5 Å². The third-order valence-electron chi connectivity index (χ3n) is 3.40. The molecule has 5 nitrogen and oxygen atoms in total. The van der Waals surface area contributed by atoms with Crippen molar-refractivity contribution in [3.63, 3.8) is 0 Å². The van der Waals surface area contributed by atoms with Crippen LogP contribution in [0.25, 0.3) is 0 Å². The van der Waals surface area contributed by atoms with Gasteiger partial charge in [-0.05, 0) is 33.9 Å². The average Bonchev–Trinajstić information content (AvgIpc) is 2.80. The molecule has 19 heavy (non-hydrogen) atoms. The van der Waals surface area contributed by atoms with Gasteiger partial charge in [0, 0.05) is 30.9 Å². The van der Waals surface area contributed by atoms with Crippen molar-refractivity contribution in [1.29, 1.82) is 0 Å². The number of aryl methyl sites for hydroxylation is 1. The Bertz CT molecular complexity index is 399. The minimum atomic E-state index is 0.587. The zero-order valence-electron chi connectivity index (χ0n) is 12.2. The van der Waals surface area contributed by atoms with Gasteiger partial charge in [0.15, 0.2) is 0 Å². The van der Waals surface area contributed by atoms with E-state index in [-0.39, 0.29) is 0 Å². The molecule has 0 atom stereocenters. The van der Waals surface area contributed by atoms with Crippen LogP contribution in [-0.2, 0) is 0 Å². The van der Waals surface area contributed by atoms with Crippen molar-refractivity contribution in [2.24, 2.45) is 0 Å². The van der Waals surface area contributed by atoms with Gasteiger partial charge in [0.2, 0.25) is 5.95 Å². The highest BCUT2D eigenvalue weighted by Gasteiger charge is 2.15. The molecule has 1 aliphatic rings. The summed E-state index contributed by atoms with van der Waals surface area (Å²) in [5, 5.41) is 6.80. The molecule has 1 aromatic rings. The summed E-state index contributed by atoms with van der Waals surface area (Å²) in [6.45, 7) is 3.85. The van der Waals surface area contributed by atoms with Crippen LogP contribution in [0.3, 0.4) is 0 Å². The number of likely N-dealkylation sites (N-methyl/N-ethyl adjacent to an activating group) is 1. The van der Waals surface area contributed by atoms with Gasteiger partial charge < -0.3 is 15.5 Å². The van der Waals surface area contributed by atoms with Gasteiger partial charge in [-0.3, -0.25) is 0 Å². The topological polar surface area (TPSA) is 53.1 Å². The van der Waals surface area contributed by atoms with Gasteiger partial charge in [-0.1, -0.05) is 12.8 Å². The second kappa shape index (κ2) is 6.70. The van der Waals surface area contributed by atoms with E-state index in [2.05, 4.69) is 39.6 Å². The minimum Gasteiger partial charge on any atom is -0.367 e. The Balaban J connectivity index is 1.93. The van der Waals surface area contributed by atoms with E-state index in [1.165, 1.54) is 25.7 Å². The van der Waals surface area contributed by atoms with Crippen LogP contribution in [0.2, 0.25) is 0 Å². The SMILES string of the molecule is Cc1cc(NC2CCCC2)nc(NCCN(C)C)n1. The number of hydrogen-bond donors (Lipinski definition) is 2. The molecule has 0 saturated heterocycles. The summed E-state index contributed by atoms with van der Waals surface area (Å²) in [6.07, 6.45) is 5.17. The lowest BCUT2D eigenvalue weighted by Gasteiger charge is -2.15. The summed E-state index contributed by atoms with van der Waals surface area (Å²) in [5.41, 5.74) is 1.00. The number of anilines is 2. The van der Waals surface area contributed by atoms with E-state index >= 15 is 0 Å². The Kier molecular flexibility index (Phi) is 4.96. The number of nitrogens with zero attached hydrogens (tertiary/aromatic N) is 3. The van der Waals surface area contributed by atoms with E-state index in [1.807, 2.05) is 13.0 Å². The van der Waals surface area contributed by atoms with Crippen LogP contribution >= 0.6 is 0 Å². The standard InChI is InChI=1S/C14H25N5/c1-11-10-13(17-12-6-4-5-7-12)18-14(16-11)15-8-9-19(2)3/h10,12H,4-9H2,1-3H3,(H2,15,16,17,18). The summed E-state index contributed by atoms with van der Waals surface area (Å²) >= 11 is 0. The normalized spacial score (nSPS) is 16.0. The van der Waals surface area contributed by atoms with Crippen molar-refractivity contribution >= 4 is 11.8 Å². The maximum Gasteiger partial charge on any atom is 0.224 e. The van der Waals surface area contributed by atoms with Gasteiger partial charge in [-0.25, -0.2) is 4.98 Å². The van der Waals surface area contributed by atoms with Crippen LogP contribution in [-0.4, -0.2) is 48.1 Å². The Labute approximate surface area is 115 Å². The molecule has 1 heterocycles. The molecule has 0 aliphatic heterocycles. The van der Waals surface area contributed by atoms with Crippen molar-refractivity contribution in [2.45, 2.75) is 38.6 Å². The molecule has 1 aromatic heterocycles. The number of nitrogens with one attached hydrogen (secondary N) is 2. The quantitative estimate of drug-likeness (QED) is 0.823. The molecule has 1 saturated carbocycles. The summed E-state index contributed by atoms with van der Waals surface area (Å²) in [7, 11) is 4.12. The fraction of sp³-hybridized carbons (Fsp3) is 0.714. The summed E-state index contributed by atoms with van der Waals surface area (Å²) < 4.78 is 0. The fourth-order valence-electron chi connectivity index (χ4n) is 2.39. The predicted molar refractivity (Wildman–Crippen MR) is 79.7 cm³/mol. The van der Waals surface area contributed by atoms with E-state index in [0.29, 0.717) is 6.04 Å². The van der Waals surface area contributed by atoms with Gasteiger partial charge in [0.25, 0.3) is 0 Å². The van der Waals surface area contributed by atoms with Gasteiger partial charge in [0.05, 0.1) is 0 Å². The maximum atomic E-state index is 4.54. The van der Waals surface area contributed by atoms with Gasteiger partial charge in [0.1, 0.15) is 5.82 Å². The molecular formula is C14H25N5. The Morgan fingerprint density at radius 3 is 2.68 bits per heavy atom. The van der Waals surface area contributed by atoms with Crippen LogP contribution in [0.5, 0.6) is 0 Å². The summed E-state index contributed by atoms with van der Waals surface area (Å²) in [6, 6.07) is 2.61. The molecule has 2 N–H and O–H groups in total. The Morgan fingerprint density at radius 2 is 2.00 bits per heavy atom. The molecule has 0 spiro atoms. The molecule has 0 bridgehead atoms. The molecule has 0 radical (unpaired) electrons. The first-order valence-corrected chi connectivity index (χ1v) is 7.14. The zero-order valence-corrected chi connectivity index (χ0v) is 12.2. The third kappa shape index (κ3) is 4.67. The van der Waals surface area contributed by atoms with Crippen molar-refractivity contribution < 1.29 is 0 Å². The highest BCUT2D eigenvalue weighted by Crippen LogP contribution is 2.22. The molecule has 5 heteroatoms. The van der Waals surface area contributed by atoms with Crippen molar-refractivity contribution in [1.82, 2.24) is 14.9 Å². The van der Waals surface area contributed by atoms with Crippen LogP contribution in [0.4, 0.5) is 11.8 Å². The zero-order chi connectivity index (χ0) is 13.7. The first-order chi connectivity index (χ1) is 9.13. The minimum absolute atomic E-state index is 0.587. The average molecular weight is 263 g/mol. The predicted octanol–water partition coefficient (Wildman–Crippen LogP) is 2.11. The second-order valence-electron chi connectivity index (χ2n) is 5.57. The molecule has 1 fully saturated rings. The van der Waals surface area contributed by atoms with Crippen LogP contribution < -0.4 is 10.6 Å². The third-order valence-corrected chi connectivity index (χ3v) is 3.40. The lowest BCUT2D eigenvalue weighted by Crippen LogP contribution is -2.22. The lowest BCUT2D eigenvalue weighted by atomic mass is 10.2. The lowest BCUT2D eigenvalue weighted by molar-refractivity contribution is 0.425. The second-order valence-corrected chi connectivity index (χ2v) is 5.57. The maximum absolute atomic E-state index is 4.54. The summed E-state index contributed by atoms with van der Waals surface area (Å²) in [4.78, 5) is 11.1. The van der Waals surface area contributed by atoms with Gasteiger partial charge >= 0.3 is 0 Å². The van der Waals surface area contributed by atoms with Crippen molar-refractivity contribution in [2.75, 3.05) is 37.8 Å². The van der Waals surface area contributed by atoms with Crippen LogP contribution in [0, 0.1) is 6.92 Å². The Hall–Kier alpha value is -1.36. The number of aromatic nitrogens is 2. The van der Waals surface area contributed by atoms with Crippen LogP contribution in [0.15, 0.2) is 6.07 Å². The fourth-order valence-corrected chi connectivity index (χ4v) is 2.39. The van der Waals surface area contributed by atoms with Crippen molar-refractivity contribution in [3.05, 3.63) is 11.8 Å². The largest absolute Gasteiger partial charge is 0.367 e. The smallest absolute Gasteiger partial charge is 0.224 e. The molecule has 1 aliphatic carbocycles.